The zero-order valence-electron chi connectivity index (χ0n) is 17.6. The van der Waals surface area contributed by atoms with Crippen LogP contribution >= 0.6 is 7.60 Å². The average Bonchev–Trinajstić information content (AvgIpc) is 2.65. The van der Waals surface area contributed by atoms with Gasteiger partial charge in [-0.05, 0) is 33.3 Å². The second kappa shape index (κ2) is 8.71. The maximum Gasteiger partial charge on any atom is 0.352 e. The van der Waals surface area contributed by atoms with Gasteiger partial charge in [-0.25, -0.2) is 13.6 Å². The third-order valence-electron chi connectivity index (χ3n) is 4.82. The van der Waals surface area contributed by atoms with Crippen LogP contribution in [0.1, 0.15) is 34.1 Å². The van der Waals surface area contributed by atoms with Gasteiger partial charge in [-0.15, -0.1) is 0 Å². The van der Waals surface area contributed by atoms with Crippen molar-refractivity contribution in [2.24, 2.45) is 5.14 Å². The highest BCUT2D eigenvalue weighted by atomic mass is 32.2. The normalized spacial score (nSPS) is 15.2. The number of nitrogens with two attached hydrogens (primary N) is 1. The van der Waals surface area contributed by atoms with Gasteiger partial charge >= 0.3 is 7.60 Å². The number of hydrogen-bond donors (Lipinski definition) is 3. The van der Waals surface area contributed by atoms with Gasteiger partial charge in [-0.1, -0.05) is 19.1 Å². The van der Waals surface area contributed by atoms with E-state index in [4.69, 9.17) is 9.66 Å². The molecule has 15 heteroatoms. The van der Waals surface area contributed by atoms with E-state index >= 15 is 0 Å². The Morgan fingerprint density at radius 1 is 1.25 bits per heavy atom. The first kappa shape index (κ1) is 25.6. The molecule has 2 atom stereocenters. The van der Waals surface area contributed by atoms with Crippen molar-refractivity contribution in [3.8, 4) is 0 Å². The van der Waals surface area contributed by atoms with E-state index < -0.39 is 66.2 Å². The summed E-state index contributed by atoms with van der Waals surface area (Å²) in [7, 11) is -8.91. The van der Waals surface area contributed by atoms with Gasteiger partial charge in [0.1, 0.15) is 11.0 Å². The van der Waals surface area contributed by atoms with Crippen LogP contribution in [0.5, 0.6) is 0 Å². The number of nitrogens with one attached hydrogen (secondary N) is 1. The van der Waals surface area contributed by atoms with Gasteiger partial charge < -0.3 is 14.7 Å². The van der Waals surface area contributed by atoms with E-state index in [0.717, 1.165) is 6.07 Å². The van der Waals surface area contributed by atoms with Crippen LogP contribution in [0, 0.1) is 20.2 Å². The van der Waals surface area contributed by atoms with Crippen LogP contribution in [-0.4, -0.2) is 34.5 Å². The molecular weight excluding hydrogens is 467 g/mol. The van der Waals surface area contributed by atoms with Gasteiger partial charge in [0.25, 0.3) is 11.4 Å². The Balaban J connectivity index is 2.91. The van der Waals surface area contributed by atoms with Crippen molar-refractivity contribution in [1.82, 2.24) is 0 Å². The van der Waals surface area contributed by atoms with Gasteiger partial charge in [0.15, 0.2) is 0 Å². The molecule has 0 heterocycles. The summed E-state index contributed by atoms with van der Waals surface area (Å²) in [4.78, 5) is 31.3. The van der Waals surface area contributed by atoms with Gasteiger partial charge in [0.05, 0.1) is 32.3 Å². The number of nitro groups is 2. The highest BCUT2D eigenvalue weighted by Gasteiger charge is 2.44. The monoisotopic (exact) mass is 490 g/mol. The molecule has 0 aliphatic rings. The molecule has 0 bridgehead atoms. The number of non-ortho nitro benzene ring substituents is 1. The fraction of sp³-hybridized carbons (Fsp3) is 0.412. The van der Waals surface area contributed by atoms with Crippen LogP contribution in [0.4, 0.5) is 17.1 Å². The lowest BCUT2D eigenvalue weighted by Crippen LogP contribution is -2.33. The van der Waals surface area contributed by atoms with Crippen LogP contribution in [0.15, 0.2) is 29.2 Å². The van der Waals surface area contributed by atoms with Gasteiger partial charge in [0, 0.05) is 5.39 Å². The van der Waals surface area contributed by atoms with Crippen LogP contribution < -0.4 is 10.5 Å². The van der Waals surface area contributed by atoms with Crippen LogP contribution in [0.2, 0.25) is 0 Å². The number of sulfonamides is 1. The predicted molar refractivity (Wildman–Crippen MR) is 117 cm³/mol. The van der Waals surface area contributed by atoms with Crippen molar-refractivity contribution in [2.75, 3.05) is 5.32 Å². The third kappa shape index (κ3) is 4.89. The summed E-state index contributed by atoms with van der Waals surface area (Å²) < 4.78 is 42.2. The molecule has 2 aromatic carbocycles. The van der Waals surface area contributed by atoms with Crippen molar-refractivity contribution in [1.29, 1.82) is 0 Å². The van der Waals surface area contributed by atoms with E-state index in [1.165, 1.54) is 26.0 Å². The fourth-order valence-electron chi connectivity index (χ4n) is 2.90. The molecule has 0 spiro atoms. The first-order valence-electron chi connectivity index (χ1n) is 9.24. The molecular formula is C17H23N4O9PS. The zero-order valence-corrected chi connectivity index (χ0v) is 19.3. The molecule has 0 fully saturated rings. The highest BCUT2D eigenvalue weighted by molar-refractivity contribution is 7.89. The molecule has 2 rings (SSSR count). The minimum Gasteiger partial charge on any atom is -0.363 e. The number of nitrogens with zero attached hydrogens (tertiary/aromatic N) is 2. The summed E-state index contributed by atoms with van der Waals surface area (Å²) in [6.07, 6.45) is -0.191. The fourth-order valence-corrected chi connectivity index (χ4v) is 4.82. The summed E-state index contributed by atoms with van der Waals surface area (Å²) in [5, 5.41) is 28.6. The number of fused-ring (bicyclic) bond motifs is 1. The molecule has 2 aromatic rings. The lowest BCUT2D eigenvalue weighted by Gasteiger charge is -2.33. The highest BCUT2D eigenvalue weighted by Crippen LogP contribution is 2.57. The number of nitro benzene ring substituents is 2. The number of hydrogen-bond acceptors (Lipinski definition) is 9. The SMILES string of the molecule is CCC(C)OP(=O)(O)C(C)(C)Nc1c([N+](=O)[O-])cc([N+](=O)[O-])c2c(S(N)(=O)=O)cccc12. The Hall–Kier alpha value is -2.64. The maximum atomic E-state index is 12.9. The molecule has 0 radical (unpaired) electrons. The van der Waals surface area contributed by atoms with Gasteiger partial charge in [-0.2, -0.15) is 0 Å². The van der Waals surface area contributed by atoms with Crippen LogP contribution in [0.25, 0.3) is 10.8 Å². The average molecular weight is 490 g/mol. The molecule has 0 aromatic heterocycles. The van der Waals surface area contributed by atoms with E-state index in [9.17, 15) is 38.1 Å². The molecule has 4 N–H and O–H groups in total. The lowest BCUT2D eigenvalue weighted by molar-refractivity contribution is -0.392. The Bertz CT molecular complexity index is 1250. The van der Waals surface area contributed by atoms with E-state index in [1.807, 2.05) is 0 Å². The number of anilines is 1. The van der Waals surface area contributed by atoms with Gasteiger partial charge in [0.2, 0.25) is 10.0 Å². The van der Waals surface area contributed by atoms with Crippen molar-refractivity contribution < 1.29 is 32.2 Å². The molecule has 32 heavy (non-hydrogen) atoms. The minimum absolute atomic E-state index is 0.242. The minimum atomic E-state index is -4.46. The quantitative estimate of drug-likeness (QED) is 0.265. The van der Waals surface area contributed by atoms with Crippen LogP contribution in [0.3, 0.4) is 0 Å². The first-order chi connectivity index (χ1) is 14.5. The maximum absolute atomic E-state index is 12.9. The van der Waals surface area contributed by atoms with E-state index in [1.54, 1.807) is 13.8 Å². The summed E-state index contributed by atoms with van der Waals surface area (Å²) in [5.74, 6) is 0. The first-order valence-corrected chi connectivity index (χ1v) is 12.4. The van der Waals surface area contributed by atoms with E-state index in [-0.39, 0.29) is 5.39 Å². The van der Waals surface area contributed by atoms with E-state index in [2.05, 4.69) is 5.32 Å². The number of rotatable bonds is 9. The van der Waals surface area contributed by atoms with Crippen molar-refractivity contribution in [3.05, 3.63) is 44.5 Å². The van der Waals surface area contributed by atoms with Crippen LogP contribution in [-0.2, 0) is 19.1 Å². The summed E-state index contributed by atoms with van der Waals surface area (Å²) in [5.41, 5.74) is -2.05. The molecule has 0 aliphatic heterocycles. The molecule has 2 unspecified atom stereocenters. The summed E-state index contributed by atoms with van der Waals surface area (Å²) in [6.45, 7) is 5.82. The standard InChI is InChI=1S/C17H23N4O9PS/c1-5-10(2)30-31(26,27)17(3,4)19-16-11-7-6-8-14(32(18,28)29)15(11)12(20(22)23)9-13(16)21(24)25/h6-10,19H,5H2,1-4H3,(H,26,27)(H2,18,28,29). The number of benzene rings is 2. The smallest absolute Gasteiger partial charge is 0.352 e. The zero-order chi connectivity index (χ0) is 24.6. The molecule has 0 saturated carbocycles. The second-order valence-electron chi connectivity index (χ2n) is 7.56. The third-order valence-corrected chi connectivity index (χ3v) is 7.94. The Morgan fingerprint density at radius 3 is 2.28 bits per heavy atom. The number of primary sulfonamides is 1. The molecule has 176 valence electrons. The lowest BCUT2D eigenvalue weighted by atomic mass is 10.0. The second-order valence-corrected chi connectivity index (χ2v) is 11.5. The molecule has 13 nitrogen and oxygen atoms in total. The Morgan fingerprint density at radius 2 is 1.81 bits per heavy atom. The summed E-state index contributed by atoms with van der Waals surface area (Å²) >= 11 is 0. The largest absolute Gasteiger partial charge is 0.363 e. The molecule has 0 amide bonds. The van der Waals surface area contributed by atoms with Crippen molar-refractivity contribution in [2.45, 2.75) is 50.4 Å². The molecule has 0 aliphatic carbocycles. The van der Waals surface area contributed by atoms with Crippen molar-refractivity contribution in [3.63, 3.8) is 0 Å². The topological polar surface area (TPSA) is 205 Å². The molecule has 0 saturated heterocycles. The van der Waals surface area contributed by atoms with E-state index in [0.29, 0.717) is 12.5 Å². The van der Waals surface area contributed by atoms with Crippen molar-refractivity contribution >= 4 is 45.5 Å². The Labute approximate surface area is 183 Å². The predicted octanol–water partition coefficient (Wildman–Crippen LogP) is 3.45. The summed E-state index contributed by atoms with van der Waals surface area (Å²) in [6, 6.07) is 4.00. The van der Waals surface area contributed by atoms with Gasteiger partial charge in [-0.3, -0.25) is 24.8 Å². The Kier molecular flexibility index (Phi) is 6.98.